The van der Waals surface area contributed by atoms with Crippen LogP contribution in [-0.2, 0) is 11.3 Å². The number of nitrogens with zero attached hydrogens (tertiary/aromatic N) is 3. The predicted octanol–water partition coefficient (Wildman–Crippen LogP) is 2.33. The molecular formula is C19H23N3O3. The molecule has 0 saturated carbocycles. The van der Waals surface area contributed by atoms with Crippen LogP contribution < -0.4 is 0 Å². The second-order valence-corrected chi connectivity index (χ2v) is 6.21. The van der Waals surface area contributed by atoms with Gasteiger partial charge in [0, 0.05) is 25.1 Å². The maximum Gasteiger partial charge on any atom is 0.272 e. The van der Waals surface area contributed by atoms with Crippen molar-refractivity contribution >= 4 is 11.7 Å². The third kappa shape index (κ3) is 3.79. The lowest BCUT2D eigenvalue weighted by molar-refractivity contribution is -0.00340. The molecule has 0 aliphatic carbocycles. The molecular weight excluding hydrogens is 318 g/mol. The molecule has 1 aromatic heterocycles. The summed E-state index contributed by atoms with van der Waals surface area (Å²) in [6.07, 6.45) is 0.259. The molecule has 0 bridgehead atoms. The van der Waals surface area contributed by atoms with E-state index in [1.807, 2.05) is 32.0 Å². The van der Waals surface area contributed by atoms with Crippen molar-refractivity contribution in [2.75, 3.05) is 19.8 Å². The van der Waals surface area contributed by atoms with Gasteiger partial charge in [-0.3, -0.25) is 14.3 Å². The zero-order valence-electron chi connectivity index (χ0n) is 14.6. The van der Waals surface area contributed by atoms with Gasteiger partial charge in [-0.05, 0) is 19.9 Å². The van der Waals surface area contributed by atoms with Crippen LogP contribution in [-0.4, -0.2) is 52.2 Å². The molecule has 132 valence electrons. The van der Waals surface area contributed by atoms with Crippen LogP contribution in [0.3, 0.4) is 0 Å². The van der Waals surface area contributed by atoms with Crippen LogP contribution >= 0.6 is 0 Å². The fraction of sp³-hybridized carbons (Fsp3) is 0.421. The predicted molar refractivity (Wildman–Crippen MR) is 93.7 cm³/mol. The lowest BCUT2D eigenvalue weighted by Gasteiger charge is -2.35. The van der Waals surface area contributed by atoms with Crippen LogP contribution in [0.25, 0.3) is 0 Å². The molecule has 0 radical (unpaired) electrons. The van der Waals surface area contributed by atoms with E-state index in [-0.39, 0.29) is 24.2 Å². The van der Waals surface area contributed by atoms with Crippen molar-refractivity contribution in [3.8, 4) is 0 Å². The summed E-state index contributed by atoms with van der Waals surface area (Å²) in [5, 5.41) is 4.35. The molecule has 0 spiro atoms. The Morgan fingerprint density at radius 2 is 2.04 bits per heavy atom. The first-order chi connectivity index (χ1) is 12.1. The average Bonchev–Trinajstić information content (AvgIpc) is 3.03. The SMILES string of the molecule is CCn1nc(C)cc1C(=O)N1CCOC[C@H]1CC(=O)c1ccccc1. The number of hydrogen-bond acceptors (Lipinski definition) is 4. The van der Waals surface area contributed by atoms with Crippen molar-refractivity contribution in [2.45, 2.75) is 32.9 Å². The Kier molecular flexibility index (Phi) is 5.28. The number of benzene rings is 1. The summed E-state index contributed by atoms with van der Waals surface area (Å²) in [7, 11) is 0. The number of aromatic nitrogens is 2. The van der Waals surface area contributed by atoms with Crippen molar-refractivity contribution in [1.29, 1.82) is 0 Å². The number of carbonyl (C=O) groups excluding carboxylic acids is 2. The van der Waals surface area contributed by atoms with Gasteiger partial charge in [0.15, 0.2) is 5.78 Å². The van der Waals surface area contributed by atoms with Crippen molar-refractivity contribution in [2.24, 2.45) is 0 Å². The van der Waals surface area contributed by atoms with E-state index in [1.165, 1.54) is 0 Å². The number of ether oxygens (including phenoxy) is 1. The molecule has 6 heteroatoms. The summed E-state index contributed by atoms with van der Waals surface area (Å²) in [6, 6.07) is 10.7. The third-order valence-corrected chi connectivity index (χ3v) is 4.43. The Morgan fingerprint density at radius 1 is 1.28 bits per heavy atom. The normalized spacial score (nSPS) is 17.5. The first-order valence-electron chi connectivity index (χ1n) is 8.61. The summed E-state index contributed by atoms with van der Waals surface area (Å²) in [5.74, 6) is -0.0642. The van der Waals surface area contributed by atoms with Crippen molar-refractivity contribution in [1.82, 2.24) is 14.7 Å². The highest BCUT2D eigenvalue weighted by Gasteiger charge is 2.31. The Balaban J connectivity index is 1.78. The van der Waals surface area contributed by atoms with Crippen molar-refractivity contribution in [3.63, 3.8) is 0 Å². The minimum Gasteiger partial charge on any atom is -0.377 e. The number of aryl methyl sites for hydroxylation is 2. The number of ketones is 1. The fourth-order valence-corrected chi connectivity index (χ4v) is 3.15. The van der Waals surface area contributed by atoms with Gasteiger partial charge in [-0.15, -0.1) is 0 Å². The van der Waals surface area contributed by atoms with E-state index < -0.39 is 0 Å². The van der Waals surface area contributed by atoms with Gasteiger partial charge in [0.2, 0.25) is 0 Å². The Morgan fingerprint density at radius 3 is 2.76 bits per heavy atom. The minimum atomic E-state index is -0.255. The van der Waals surface area contributed by atoms with Gasteiger partial charge >= 0.3 is 0 Å². The molecule has 25 heavy (non-hydrogen) atoms. The maximum absolute atomic E-state index is 13.0. The molecule has 1 atom stereocenters. The van der Waals surface area contributed by atoms with Gasteiger partial charge in [0.05, 0.1) is 24.9 Å². The van der Waals surface area contributed by atoms with Crippen LogP contribution in [0.5, 0.6) is 0 Å². The molecule has 1 amide bonds. The van der Waals surface area contributed by atoms with E-state index in [0.717, 1.165) is 5.69 Å². The molecule has 2 aromatic rings. The van der Waals surface area contributed by atoms with Gasteiger partial charge in [-0.25, -0.2) is 0 Å². The van der Waals surface area contributed by atoms with E-state index in [2.05, 4.69) is 5.10 Å². The first-order valence-corrected chi connectivity index (χ1v) is 8.61. The highest BCUT2D eigenvalue weighted by molar-refractivity contribution is 5.97. The highest BCUT2D eigenvalue weighted by atomic mass is 16.5. The van der Waals surface area contributed by atoms with Crippen molar-refractivity contribution < 1.29 is 14.3 Å². The largest absolute Gasteiger partial charge is 0.377 e. The molecule has 1 fully saturated rings. The molecule has 1 saturated heterocycles. The summed E-state index contributed by atoms with van der Waals surface area (Å²) in [5.41, 5.74) is 2.05. The van der Waals surface area contributed by atoms with Crippen LogP contribution in [0.4, 0.5) is 0 Å². The summed E-state index contributed by atoms with van der Waals surface area (Å²) in [6.45, 7) is 5.81. The summed E-state index contributed by atoms with van der Waals surface area (Å²) >= 11 is 0. The Hall–Kier alpha value is -2.47. The number of amides is 1. The molecule has 6 nitrogen and oxygen atoms in total. The Bertz CT molecular complexity index is 755. The van der Waals surface area contributed by atoms with Crippen LogP contribution in [0.1, 0.15) is 39.9 Å². The zero-order valence-corrected chi connectivity index (χ0v) is 14.6. The number of morpholine rings is 1. The van der Waals surface area contributed by atoms with Gasteiger partial charge < -0.3 is 9.64 Å². The zero-order chi connectivity index (χ0) is 17.8. The molecule has 2 heterocycles. The molecule has 1 aromatic carbocycles. The fourth-order valence-electron chi connectivity index (χ4n) is 3.15. The summed E-state index contributed by atoms with van der Waals surface area (Å²) in [4.78, 5) is 27.3. The molecule has 1 aliphatic rings. The standard InChI is InChI=1S/C19H23N3O3/c1-3-22-17(11-14(2)20-22)19(24)21-9-10-25-13-16(21)12-18(23)15-7-5-4-6-8-15/h4-8,11,16H,3,9-10,12-13H2,1-2H3/t16-/m1/s1. The van der Waals surface area contributed by atoms with E-state index in [1.54, 1.807) is 27.8 Å². The third-order valence-electron chi connectivity index (χ3n) is 4.43. The lowest BCUT2D eigenvalue weighted by Crippen LogP contribution is -2.50. The minimum absolute atomic E-state index is 0.0223. The van der Waals surface area contributed by atoms with E-state index in [9.17, 15) is 9.59 Å². The monoisotopic (exact) mass is 341 g/mol. The topological polar surface area (TPSA) is 64.4 Å². The number of carbonyl (C=O) groups is 2. The lowest BCUT2D eigenvalue weighted by atomic mass is 10.0. The molecule has 3 rings (SSSR count). The second kappa shape index (κ2) is 7.61. The van der Waals surface area contributed by atoms with Crippen LogP contribution in [0.15, 0.2) is 36.4 Å². The van der Waals surface area contributed by atoms with E-state index in [4.69, 9.17) is 4.74 Å². The quantitative estimate of drug-likeness (QED) is 0.783. The number of rotatable bonds is 5. The van der Waals surface area contributed by atoms with Crippen molar-refractivity contribution in [3.05, 3.63) is 53.3 Å². The van der Waals surface area contributed by atoms with Gasteiger partial charge in [0.25, 0.3) is 5.91 Å². The van der Waals surface area contributed by atoms with E-state index in [0.29, 0.717) is 37.6 Å². The molecule has 0 N–H and O–H groups in total. The van der Waals surface area contributed by atoms with Crippen LogP contribution in [0, 0.1) is 6.92 Å². The number of Topliss-reactive ketones (excluding diaryl/α,β-unsaturated/α-hetero) is 1. The average molecular weight is 341 g/mol. The maximum atomic E-state index is 13.0. The van der Waals surface area contributed by atoms with Crippen LogP contribution in [0.2, 0.25) is 0 Å². The Labute approximate surface area is 147 Å². The van der Waals surface area contributed by atoms with Gasteiger partial charge in [-0.1, -0.05) is 30.3 Å². The van der Waals surface area contributed by atoms with Gasteiger partial charge in [0.1, 0.15) is 5.69 Å². The first kappa shape index (κ1) is 17.4. The van der Waals surface area contributed by atoms with Gasteiger partial charge in [-0.2, -0.15) is 5.10 Å². The molecule has 1 aliphatic heterocycles. The van der Waals surface area contributed by atoms with E-state index >= 15 is 0 Å². The smallest absolute Gasteiger partial charge is 0.272 e. The highest BCUT2D eigenvalue weighted by Crippen LogP contribution is 2.18. The molecule has 0 unspecified atom stereocenters. The summed E-state index contributed by atoms with van der Waals surface area (Å²) < 4.78 is 7.24. The second-order valence-electron chi connectivity index (χ2n) is 6.21. The number of hydrogen-bond donors (Lipinski definition) is 0.